The van der Waals surface area contributed by atoms with Crippen molar-refractivity contribution in [3.63, 3.8) is 0 Å². The van der Waals surface area contributed by atoms with Crippen LogP contribution in [0, 0.1) is 11.3 Å². The summed E-state index contributed by atoms with van der Waals surface area (Å²) >= 11 is 0. The largest absolute Gasteiger partial charge is 0.354 e. The van der Waals surface area contributed by atoms with Crippen molar-refractivity contribution in [2.24, 2.45) is 11.3 Å². The van der Waals surface area contributed by atoms with E-state index in [0.717, 1.165) is 6.54 Å². The molecule has 0 aromatic heterocycles. The van der Waals surface area contributed by atoms with Gasteiger partial charge in [-0.3, -0.25) is 9.59 Å². The Labute approximate surface area is 171 Å². The smallest absolute Gasteiger partial charge is 0.251 e. The molecule has 0 saturated carbocycles. The zero-order chi connectivity index (χ0) is 21.7. The average molecular weight is 390 g/mol. The van der Waals surface area contributed by atoms with Gasteiger partial charge in [-0.15, -0.1) is 0 Å². The number of rotatable bonds is 8. The molecule has 0 aliphatic rings. The predicted octanol–water partition coefficient (Wildman–Crippen LogP) is 3.44. The van der Waals surface area contributed by atoms with Crippen molar-refractivity contribution < 1.29 is 9.59 Å². The maximum absolute atomic E-state index is 12.7. The van der Waals surface area contributed by atoms with Crippen LogP contribution in [0.2, 0.25) is 0 Å². The second-order valence-electron chi connectivity index (χ2n) is 10.1. The molecule has 5 nitrogen and oxygen atoms in total. The molecule has 1 aromatic carbocycles. The van der Waals surface area contributed by atoms with Gasteiger partial charge < -0.3 is 15.5 Å². The van der Waals surface area contributed by atoms with Crippen molar-refractivity contribution in [3.8, 4) is 0 Å². The quantitative estimate of drug-likeness (QED) is 0.716. The highest BCUT2D eigenvalue weighted by Crippen LogP contribution is 2.22. The van der Waals surface area contributed by atoms with Gasteiger partial charge in [-0.2, -0.15) is 0 Å². The van der Waals surface area contributed by atoms with E-state index in [1.807, 2.05) is 52.2 Å². The van der Waals surface area contributed by atoms with Gasteiger partial charge in [0.2, 0.25) is 5.91 Å². The maximum atomic E-state index is 12.7. The first-order chi connectivity index (χ1) is 12.7. The Morgan fingerprint density at radius 2 is 1.54 bits per heavy atom. The Bertz CT molecular complexity index is 655. The molecular formula is C23H39N3O2. The Morgan fingerprint density at radius 1 is 1.00 bits per heavy atom. The van der Waals surface area contributed by atoms with Crippen molar-refractivity contribution in [1.82, 2.24) is 15.5 Å². The van der Waals surface area contributed by atoms with Crippen LogP contribution in [-0.2, 0) is 10.2 Å². The zero-order valence-electron chi connectivity index (χ0n) is 19.1. The molecule has 2 amide bonds. The lowest BCUT2D eigenvalue weighted by atomic mass is 9.86. The van der Waals surface area contributed by atoms with Gasteiger partial charge in [0, 0.05) is 18.7 Å². The summed E-state index contributed by atoms with van der Waals surface area (Å²) in [6, 6.07) is 7.04. The summed E-state index contributed by atoms with van der Waals surface area (Å²) in [6.07, 6.45) is 0. The van der Waals surface area contributed by atoms with Gasteiger partial charge >= 0.3 is 0 Å². The fourth-order valence-electron chi connectivity index (χ4n) is 3.23. The fourth-order valence-corrected chi connectivity index (χ4v) is 3.23. The highest BCUT2D eigenvalue weighted by atomic mass is 16.2. The summed E-state index contributed by atoms with van der Waals surface area (Å²) in [5.41, 5.74) is 1.73. The van der Waals surface area contributed by atoms with Crippen LogP contribution in [0.25, 0.3) is 0 Å². The molecule has 0 aliphatic carbocycles. The van der Waals surface area contributed by atoms with E-state index >= 15 is 0 Å². The molecule has 5 heteroatoms. The van der Waals surface area contributed by atoms with Crippen molar-refractivity contribution >= 4 is 11.8 Å². The molecule has 0 fully saturated rings. The number of nitrogens with zero attached hydrogens (tertiary/aromatic N) is 1. The third-order valence-electron chi connectivity index (χ3n) is 4.73. The van der Waals surface area contributed by atoms with Crippen LogP contribution < -0.4 is 10.6 Å². The summed E-state index contributed by atoms with van der Waals surface area (Å²) < 4.78 is 0. The van der Waals surface area contributed by atoms with Gasteiger partial charge in [-0.1, -0.05) is 60.6 Å². The first-order valence-electron chi connectivity index (χ1n) is 10.1. The van der Waals surface area contributed by atoms with E-state index in [4.69, 9.17) is 0 Å². The van der Waals surface area contributed by atoms with E-state index in [1.165, 1.54) is 5.56 Å². The molecule has 2 N–H and O–H groups in total. The number of hydrogen-bond acceptors (Lipinski definition) is 3. The van der Waals surface area contributed by atoms with E-state index in [0.29, 0.717) is 12.1 Å². The van der Waals surface area contributed by atoms with Crippen molar-refractivity contribution in [2.75, 3.05) is 27.2 Å². The molecule has 1 atom stereocenters. The van der Waals surface area contributed by atoms with Crippen LogP contribution in [0.3, 0.4) is 0 Å². The third kappa shape index (κ3) is 7.63. The van der Waals surface area contributed by atoms with E-state index in [-0.39, 0.29) is 28.6 Å². The van der Waals surface area contributed by atoms with Gasteiger partial charge in [0.15, 0.2) is 0 Å². The predicted molar refractivity (Wildman–Crippen MR) is 117 cm³/mol. The Hall–Kier alpha value is -1.88. The monoisotopic (exact) mass is 389 g/mol. The number of carbonyl (C=O) groups is 2. The van der Waals surface area contributed by atoms with Gasteiger partial charge in [0.25, 0.3) is 5.91 Å². The molecule has 0 bridgehead atoms. The second kappa shape index (κ2) is 9.55. The van der Waals surface area contributed by atoms with E-state index in [2.05, 4.69) is 50.2 Å². The lowest BCUT2D eigenvalue weighted by Crippen LogP contribution is -2.52. The minimum Gasteiger partial charge on any atom is -0.354 e. The molecule has 0 saturated heterocycles. The Kier molecular flexibility index (Phi) is 8.24. The van der Waals surface area contributed by atoms with Crippen LogP contribution in [0.1, 0.15) is 64.4 Å². The standard InChI is InChI=1S/C23H39N3O2/c1-16(2)19(21(28)24-14-23(6,7)15-26(8)9)25-20(27)17-10-12-18(13-11-17)22(3,4)5/h10-13,16,19H,14-15H2,1-9H3,(H,24,28)(H,25,27). The molecule has 1 rings (SSSR count). The SMILES string of the molecule is CC(C)C(NC(=O)c1ccc(C(C)(C)C)cc1)C(=O)NCC(C)(C)CN(C)C. The van der Waals surface area contributed by atoms with Crippen LogP contribution >= 0.6 is 0 Å². The summed E-state index contributed by atoms with van der Waals surface area (Å²) in [5, 5.41) is 5.92. The molecule has 0 spiro atoms. The summed E-state index contributed by atoms with van der Waals surface area (Å²) in [7, 11) is 4.04. The van der Waals surface area contributed by atoms with Crippen molar-refractivity contribution in [1.29, 1.82) is 0 Å². The molecule has 0 aliphatic heterocycles. The summed E-state index contributed by atoms with van der Waals surface area (Å²) in [4.78, 5) is 27.5. The zero-order valence-corrected chi connectivity index (χ0v) is 19.1. The molecule has 28 heavy (non-hydrogen) atoms. The van der Waals surface area contributed by atoms with Crippen LogP contribution in [0.15, 0.2) is 24.3 Å². The lowest BCUT2D eigenvalue weighted by Gasteiger charge is -2.30. The molecular weight excluding hydrogens is 350 g/mol. The summed E-state index contributed by atoms with van der Waals surface area (Å²) in [6.45, 7) is 16.0. The molecule has 1 unspecified atom stereocenters. The topological polar surface area (TPSA) is 61.4 Å². The highest BCUT2D eigenvalue weighted by molar-refractivity contribution is 5.97. The second-order valence-corrected chi connectivity index (χ2v) is 10.1. The molecule has 158 valence electrons. The van der Waals surface area contributed by atoms with Crippen molar-refractivity contribution in [3.05, 3.63) is 35.4 Å². The van der Waals surface area contributed by atoms with Gasteiger partial charge in [0.05, 0.1) is 0 Å². The highest BCUT2D eigenvalue weighted by Gasteiger charge is 2.27. The number of carbonyl (C=O) groups excluding carboxylic acids is 2. The number of amides is 2. The van der Waals surface area contributed by atoms with Crippen LogP contribution in [0.4, 0.5) is 0 Å². The van der Waals surface area contributed by atoms with Crippen LogP contribution in [-0.4, -0.2) is 49.9 Å². The van der Waals surface area contributed by atoms with Gasteiger partial charge in [0.1, 0.15) is 6.04 Å². The first kappa shape index (κ1) is 24.2. The molecule has 1 aromatic rings. The first-order valence-corrected chi connectivity index (χ1v) is 10.1. The van der Waals surface area contributed by atoms with Crippen molar-refractivity contribution in [2.45, 2.75) is 59.9 Å². The minimum atomic E-state index is -0.565. The normalized spacial score (nSPS) is 13.5. The number of nitrogens with one attached hydrogen (secondary N) is 2. The minimum absolute atomic E-state index is 0.00485. The molecule has 0 heterocycles. The van der Waals surface area contributed by atoms with Gasteiger partial charge in [-0.25, -0.2) is 0 Å². The Balaban J connectivity index is 2.78. The van der Waals surface area contributed by atoms with Crippen LogP contribution in [0.5, 0.6) is 0 Å². The van der Waals surface area contributed by atoms with Gasteiger partial charge in [-0.05, 0) is 48.5 Å². The Morgan fingerprint density at radius 3 is 1.96 bits per heavy atom. The fraction of sp³-hybridized carbons (Fsp3) is 0.652. The maximum Gasteiger partial charge on any atom is 0.251 e. The number of benzene rings is 1. The van der Waals surface area contributed by atoms with E-state index in [9.17, 15) is 9.59 Å². The number of hydrogen-bond donors (Lipinski definition) is 2. The van der Waals surface area contributed by atoms with E-state index < -0.39 is 6.04 Å². The molecule has 0 radical (unpaired) electrons. The summed E-state index contributed by atoms with van der Waals surface area (Å²) in [5.74, 6) is -0.363. The van der Waals surface area contributed by atoms with E-state index in [1.54, 1.807) is 0 Å². The average Bonchev–Trinajstić information content (AvgIpc) is 2.55. The third-order valence-corrected chi connectivity index (χ3v) is 4.73. The lowest BCUT2D eigenvalue weighted by molar-refractivity contribution is -0.124.